The number of rotatable bonds is 6. The average molecular weight is 367 g/mol. The van der Waals surface area contributed by atoms with E-state index < -0.39 is 5.41 Å². The zero-order valence-electron chi connectivity index (χ0n) is 14.7. The zero-order chi connectivity index (χ0) is 17.0. The van der Waals surface area contributed by atoms with Crippen LogP contribution in [-0.4, -0.2) is 12.5 Å². The Morgan fingerprint density at radius 3 is 2.25 bits per heavy atom. The van der Waals surface area contributed by atoms with E-state index in [1.165, 1.54) is 5.56 Å². The van der Waals surface area contributed by atoms with Gasteiger partial charge in [0.25, 0.3) is 0 Å². The van der Waals surface area contributed by atoms with Gasteiger partial charge in [-0.25, -0.2) is 0 Å². The van der Waals surface area contributed by atoms with Crippen LogP contribution in [-0.2, 0) is 10.2 Å². The second kappa shape index (κ2) is 8.65. The van der Waals surface area contributed by atoms with Crippen molar-refractivity contribution in [1.29, 1.82) is 0 Å². The molecule has 0 bridgehead atoms. The third-order valence-electron chi connectivity index (χ3n) is 4.22. The van der Waals surface area contributed by atoms with Gasteiger partial charge >= 0.3 is 0 Å². The number of nitrogens with two attached hydrogens (primary N) is 1. The van der Waals surface area contributed by atoms with Crippen molar-refractivity contribution < 1.29 is 4.79 Å². The van der Waals surface area contributed by atoms with Crippen molar-refractivity contribution >= 4 is 29.7 Å². The quantitative estimate of drug-likeness (QED) is 0.796. The van der Waals surface area contributed by atoms with Gasteiger partial charge in [0.1, 0.15) is 0 Å². The molecule has 132 valence electrons. The summed E-state index contributed by atoms with van der Waals surface area (Å²) in [6, 6.07) is 12.1. The largest absolute Gasteiger partial charge is 0.353 e. The molecule has 1 amide bonds. The number of benzene rings is 1. The van der Waals surface area contributed by atoms with E-state index in [9.17, 15) is 4.79 Å². The standard InChI is InChI=1S/C19H26N2OS.ClH/c1-13(2)14-7-9-15(10-8-14)16(20)12-21-18(22)19(3,4)17-6-5-11-23-17;/h5-11,13,16H,12,20H2,1-4H3,(H,21,22);1H. The number of hydrogen-bond donors (Lipinski definition) is 2. The van der Waals surface area contributed by atoms with Gasteiger partial charge in [-0.05, 0) is 42.3 Å². The molecule has 0 saturated carbocycles. The summed E-state index contributed by atoms with van der Waals surface area (Å²) in [5.41, 5.74) is 8.03. The molecule has 1 heterocycles. The van der Waals surface area contributed by atoms with Crippen molar-refractivity contribution in [2.24, 2.45) is 5.73 Å². The van der Waals surface area contributed by atoms with Gasteiger partial charge in [0.2, 0.25) is 5.91 Å². The molecule has 0 saturated heterocycles. The van der Waals surface area contributed by atoms with Gasteiger partial charge in [0.15, 0.2) is 0 Å². The van der Waals surface area contributed by atoms with Crippen LogP contribution in [0.3, 0.4) is 0 Å². The SMILES string of the molecule is CC(C)c1ccc(C(N)CNC(=O)C(C)(C)c2cccs2)cc1.Cl. The number of halogens is 1. The maximum Gasteiger partial charge on any atom is 0.230 e. The van der Waals surface area contributed by atoms with Crippen LogP contribution in [0.4, 0.5) is 0 Å². The first-order chi connectivity index (χ1) is 10.8. The van der Waals surface area contributed by atoms with Crippen LogP contribution in [0.15, 0.2) is 41.8 Å². The Hall–Kier alpha value is -1.36. The molecular formula is C19H27ClN2OS. The van der Waals surface area contributed by atoms with Crippen LogP contribution < -0.4 is 11.1 Å². The molecule has 0 aliphatic carbocycles. The van der Waals surface area contributed by atoms with Crippen LogP contribution >= 0.6 is 23.7 Å². The lowest BCUT2D eigenvalue weighted by Crippen LogP contribution is -2.42. The van der Waals surface area contributed by atoms with Crippen molar-refractivity contribution in [3.63, 3.8) is 0 Å². The van der Waals surface area contributed by atoms with Crippen LogP contribution in [0.1, 0.15) is 55.7 Å². The number of hydrogen-bond acceptors (Lipinski definition) is 3. The molecule has 1 atom stereocenters. The van der Waals surface area contributed by atoms with Crippen LogP contribution in [0.2, 0.25) is 0 Å². The van der Waals surface area contributed by atoms with Crippen LogP contribution in [0.5, 0.6) is 0 Å². The summed E-state index contributed by atoms with van der Waals surface area (Å²) < 4.78 is 0. The number of carbonyl (C=O) groups excluding carboxylic acids is 1. The summed E-state index contributed by atoms with van der Waals surface area (Å²) >= 11 is 1.60. The molecule has 3 N–H and O–H groups in total. The molecule has 1 aromatic heterocycles. The fraction of sp³-hybridized carbons (Fsp3) is 0.421. The Kier molecular flexibility index (Phi) is 7.46. The van der Waals surface area contributed by atoms with E-state index in [1.54, 1.807) is 11.3 Å². The van der Waals surface area contributed by atoms with E-state index in [0.29, 0.717) is 12.5 Å². The maximum atomic E-state index is 12.5. The highest BCUT2D eigenvalue weighted by Crippen LogP contribution is 2.27. The fourth-order valence-corrected chi connectivity index (χ4v) is 3.26. The molecule has 0 spiro atoms. The molecule has 0 aliphatic heterocycles. The number of amides is 1. The lowest BCUT2D eigenvalue weighted by atomic mass is 9.90. The molecule has 2 aromatic rings. The molecule has 0 radical (unpaired) electrons. The molecular weight excluding hydrogens is 340 g/mol. The number of thiophene rings is 1. The fourth-order valence-electron chi connectivity index (χ4n) is 2.42. The Balaban J connectivity index is 0.00000288. The van der Waals surface area contributed by atoms with E-state index in [2.05, 4.69) is 43.4 Å². The predicted molar refractivity (Wildman–Crippen MR) is 105 cm³/mol. The summed E-state index contributed by atoms with van der Waals surface area (Å²) in [5, 5.41) is 4.98. The topological polar surface area (TPSA) is 55.1 Å². The second-order valence-corrected chi connectivity index (χ2v) is 7.69. The minimum atomic E-state index is -0.532. The Bertz CT molecular complexity index is 636. The van der Waals surface area contributed by atoms with Gasteiger partial charge in [0, 0.05) is 17.5 Å². The minimum Gasteiger partial charge on any atom is -0.353 e. The van der Waals surface area contributed by atoms with Gasteiger partial charge in [-0.2, -0.15) is 0 Å². The van der Waals surface area contributed by atoms with E-state index in [1.807, 2.05) is 31.4 Å². The van der Waals surface area contributed by atoms with E-state index >= 15 is 0 Å². The minimum absolute atomic E-state index is 0. The van der Waals surface area contributed by atoms with Gasteiger partial charge in [-0.1, -0.05) is 44.2 Å². The molecule has 2 rings (SSSR count). The Morgan fingerprint density at radius 2 is 1.75 bits per heavy atom. The molecule has 1 aromatic carbocycles. The van der Waals surface area contributed by atoms with Crippen LogP contribution in [0.25, 0.3) is 0 Å². The van der Waals surface area contributed by atoms with Gasteiger partial charge in [-0.3, -0.25) is 4.79 Å². The first-order valence-electron chi connectivity index (χ1n) is 8.00. The summed E-state index contributed by atoms with van der Waals surface area (Å²) in [5.74, 6) is 0.515. The van der Waals surface area contributed by atoms with Crippen LogP contribution in [0, 0.1) is 0 Å². The molecule has 24 heavy (non-hydrogen) atoms. The van der Waals surface area contributed by atoms with Gasteiger partial charge in [0.05, 0.1) is 5.41 Å². The number of nitrogens with one attached hydrogen (secondary N) is 1. The van der Waals surface area contributed by atoms with Gasteiger partial charge < -0.3 is 11.1 Å². The van der Waals surface area contributed by atoms with E-state index in [4.69, 9.17) is 5.73 Å². The lowest BCUT2D eigenvalue weighted by molar-refractivity contribution is -0.125. The van der Waals surface area contributed by atoms with Crippen molar-refractivity contribution in [2.75, 3.05) is 6.54 Å². The molecule has 1 unspecified atom stereocenters. The Labute approximate surface area is 155 Å². The third kappa shape index (κ3) is 4.82. The first-order valence-corrected chi connectivity index (χ1v) is 8.88. The molecule has 0 fully saturated rings. The highest BCUT2D eigenvalue weighted by molar-refractivity contribution is 7.10. The van der Waals surface area contributed by atoms with Gasteiger partial charge in [-0.15, -0.1) is 23.7 Å². The lowest BCUT2D eigenvalue weighted by Gasteiger charge is -2.23. The Morgan fingerprint density at radius 1 is 1.17 bits per heavy atom. The third-order valence-corrected chi connectivity index (χ3v) is 5.41. The highest BCUT2D eigenvalue weighted by Gasteiger charge is 2.30. The summed E-state index contributed by atoms with van der Waals surface area (Å²) in [4.78, 5) is 13.5. The monoisotopic (exact) mass is 366 g/mol. The van der Waals surface area contributed by atoms with Crippen molar-refractivity contribution in [3.05, 3.63) is 57.8 Å². The number of carbonyl (C=O) groups is 1. The smallest absolute Gasteiger partial charge is 0.230 e. The molecule has 3 nitrogen and oxygen atoms in total. The maximum absolute atomic E-state index is 12.5. The average Bonchev–Trinajstić information content (AvgIpc) is 3.07. The van der Waals surface area contributed by atoms with E-state index in [-0.39, 0.29) is 24.4 Å². The first kappa shape index (κ1) is 20.7. The van der Waals surface area contributed by atoms with Crippen molar-refractivity contribution in [3.8, 4) is 0 Å². The molecule has 5 heteroatoms. The molecule has 0 aliphatic rings. The highest BCUT2D eigenvalue weighted by atomic mass is 35.5. The van der Waals surface area contributed by atoms with Crippen molar-refractivity contribution in [2.45, 2.75) is 45.1 Å². The summed E-state index contributed by atoms with van der Waals surface area (Å²) in [6.45, 7) is 8.66. The second-order valence-electron chi connectivity index (χ2n) is 6.74. The van der Waals surface area contributed by atoms with Crippen molar-refractivity contribution in [1.82, 2.24) is 5.32 Å². The normalized spacial score (nSPS) is 12.6. The van der Waals surface area contributed by atoms with E-state index in [0.717, 1.165) is 10.4 Å². The summed E-state index contributed by atoms with van der Waals surface area (Å²) in [6.07, 6.45) is 0. The summed E-state index contributed by atoms with van der Waals surface area (Å²) in [7, 11) is 0. The zero-order valence-corrected chi connectivity index (χ0v) is 16.3. The predicted octanol–water partition coefficient (Wildman–Crippen LogP) is 4.39.